The lowest BCUT2D eigenvalue weighted by atomic mass is 9.89. The van der Waals surface area contributed by atoms with Crippen LogP contribution in [0.25, 0.3) is 0 Å². The molecule has 1 amide bonds. The predicted octanol–water partition coefficient (Wildman–Crippen LogP) is 0.234. The number of ether oxygens (including phenoxy) is 2. The van der Waals surface area contributed by atoms with Gasteiger partial charge in [-0.15, -0.1) is 0 Å². The first-order valence-corrected chi connectivity index (χ1v) is 8.59. The van der Waals surface area contributed by atoms with Gasteiger partial charge in [0.1, 0.15) is 0 Å². The topological polar surface area (TPSA) is 82.5 Å². The van der Waals surface area contributed by atoms with Crippen LogP contribution in [-0.4, -0.2) is 78.0 Å². The van der Waals surface area contributed by atoms with E-state index < -0.39 is 5.60 Å². The van der Waals surface area contributed by atoms with Gasteiger partial charge in [0.2, 0.25) is 0 Å². The van der Waals surface area contributed by atoms with E-state index in [9.17, 15) is 15.0 Å². The van der Waals surface area contributed by atoms with Crippen molar-refractivity contribution in [2.24, 2.45) is 0 Å². The minimum atomic E-state index is -1.38. The zero-order chi connectivity index (χ0) is 18.0. The molecular formula is C18H26N2O5. The molecule has 2 aliphatic rings. The summed E-state index contributed by atoms with van der Waals surface area (Å²) in [4.78, 5) is 16.5. The van der Waals surface area contributed by atoms with Crippen molar-refractivity contribution in [3.63, 3.8) is 0 Å². The van der Waals surface area contributed by atoms with Gasteiger partial charge in [-0.05, 0) is 18.9 Å². The number of amides is 1. The van der Waals surface area contributed by atoms with Crippen LogP contribution in [0.1, 0.15) is 18.4 Å². The molecule has 1 aromatic carbocycles. The monoisotopic (exact) mass is 350 g/mol. The van der Waals surface area contributed by atoms with Crippen LogP contribution in [0.2, 0.25) is 0 Å². The standard InChI is InChI=1S/C18H26N2O5/c1-24-15-6-3-5-13(16(15)25-2)9-20-8-4-7-18(23,17(20)22)12-19-10-14(21)11-19/h3,5-6,14,21,23H,4,7-12H2,1-2H3/t18-/m1/s1. The summed E-state index contributed by atoms with van der Waals surface area (Å²) in [7, 11) is 3.15. The third-order valence-electron chi connectivity index (χ3n) is 4.97. The number of hydrogen-bond acceptors (Lipinski definition) is 6. The largest absolute Gasteiger partial charge is 0.493 e. The molecule has 2 N–H and O–H groups in total. The van der Waals surface area contributed by atoms with Crippen LogP contribution >= 0.6 is 0 Å². The highest BCUT2D eigenvalue weighted by Gasteiger charge is 2.45. The van der Waals surface area contributed by atoms with E-state index in [1.54, 1.807) is 19.1 Å². The number of rotatable bonds is 6. The molecule has 0 spiro atoms. The van der Waals surface area contributed by atoms with Gasteiger partial charge < -0.3 is 24.6 Å². The van der Waals surface area contributed by atoms with E-state index in [1.807, 2.05) is 23.1 Å². The van der Waals surface area contributed by atoms with Gasteiger partial charge in [-0.2, -0.15) is 0 Å². The summed E-state index contributed by atoms with van der Waals surface area (Å²) in [5, 5.41) is 20.3. The Balaban J connectivity index is 1.73. The van der Waals surface area contributed by atoms with Crippen molar-refractivity contribution >= 4 is 5.91 Å². The Kier molecular flexibility index (Phi) is 5.17. The van der Waals surface area contributed by atoms with Gasteiger partial charge in [0, 0.05) is 38.3 Å². The van der Waals surface area contributed by atoms with Gasteiger partial charge >= 0.3 is 0 Å². The molecule has 2 saturated heterocycles. The molecule has 7 nitrogen and oxygen atoms in total. The zero-order valence-electron chi connectivity index (χ0n) is 14.8. The van der Waals surface area contributed by atoms with E-state index >= 15 is 0 Å². The number of methoxy groups -OCH3 is 2. The molecule has 25 heavy (non-hydrogen) atoms. The lowest BCUT2D eigenvalue weighted by Crippen LogP contribution is -2.62. The van der Waals surface area contributed by atoms with E-state index in [0.717, 1.165) is 12.0 Å². The third-order valence-corrected chi connectivity index (χ3v) is 4.97. The van der Waals surface area contributed by atoms with Gasteiger partial charge in [0.25, 0.3) is 5.91 Å². The van der Waals surface area contributed by atoms with Gasteiger partial charge in [0.15, 0.2) is 17.1 Å². The maximum atomic E-state index is 12.9. The molecule has 2 heterocycles. The normalized spacial score (nSPS) is 25.0. The first-order valence-electron chi connectivity index (χ1n) is 8.59. The first kappa shape index (κ1) is 18.0. The summed E-state index contributed by atoms with van der Waals surface area (Å²) in [6, 6.07) is 5.57. The fourth-order valence-corrected chi connectivity index (χ4v) is 3.69. The van der Waals surface area contributed by atoms with Gasteiger partial charge in [-0.1, -0.05) is 12.1 Å². The molecule has 2 fully saturated rings. The number of aliphatic hydroxyl groups is 2. The Morgan fingerprint density at radius 3 is 2.68 bits per heavy atom. The Labute approximate surface area is 147 Å². The SMILES string of the molecule is COc1cccc(CN2CCC[C@@](O)(CN3CC(O)C3)C2=O)c1OC. The number of benzene rings is 1. The second-order valence-corrected chi connectivity index (χ2v) is 6.86. The first-order chi connectivity index (χ1) is 12.0. The zero-order valence-corrected chi connectivity index (χ0v) is 14.8. The number of carbonyl (C=O) groups excluding carboxylic acids is 1. The molecule has 0 radical (unpaired) electrons. The summed E-state index contributed by atoms with van der Waals surface area (Å²) in [6.45, 7) is 2.27. The average Bonchev–Trinajstić information content (AvgIpc) is 2.57. The minimum Gasteiger partial charge on any atom is -0.493 e. The number of aliphatic hydroxyl groups excluding tert-OH is 1. The fourth-order valence-electron chi connectivity index (χ4n) is 3.69. The van der Waals surface area contributed by atoms with Crippen LogP contribution in [-0.2, 0) is 11.3 Å². The maximum absolute atomic E-state index is 12.9. The second-order valence-electron chi connectivity index (χ2n) is 6.86. The average molecular weight is 350 g/mol. The molecule has 138 valence electrons. The van der Waals surface area contributed by atoms with Crippen molar-refractivity contribution in [2.45, 2.75) is 31.1 Å². The van der Waals surface area contributed by atoms with E-state index in [-0.39, 0.29) is 18.6 Å². The van der Waals surface area contributed by atoms with Crippen molar-refractivity contribution in [1.82, 2.24) is 9.80 Å². The van der Waals surface area contributed by atoms with Crippen molar-refractivity contribution in [2.75, 3.05) is 40.4 Å². The van der Waals surface area contributed by atoms with E-state index in [1.165, 1.54) is 0 Å². The molecule has 0 bridgehead atoms. The summed E-state index contributed by atoms with van der Waals surface area (Å²) in [5.74, 6) is 0.970. The summed E-state index contributed by atoms with van der Waals surface area (Å²) in [6.07, 6.45) is 0.842. The van der Waals surface area contributed by atoms with E-state index in [2.05, 4.69) is 0 Å². The summed E-state index contributed by atoms with van der Waals surface area (Å²) >= 11 is 0. The Morgan fingerprint density at radius 2 is 2.04 bits per heavy atom. The summed E-state index contributed by atoms with van der Waals surface area (Å²) < 4.78 is 10.7. The molecule has 1 aromatic rings. The fraction of sp³-hybridized carbons (Fsp3) is 0.611. The molecule has 0 unspecified atom stereocenters. The second kappa shape index (κ2) is 7.19. The van der Waals surface area contributed by atoms with Crippen LogP contribution in [0.5, 0.6) is 11.5 Å². The molecule has 2 aliphatic heterocycles. The highest BCUT2D eigenvalue weighted by atomic mass is 16.5. The third kappa shape index (κ3) is 3.58. The summed E-state index contributed by atoms with van der Waals surface area (Å²) in [5.41, 5.74) is -0.538. The van der Waals surface area contributed by atoms with E-state index in [4.69, 9.17) is 9.47 Å². The van der Waals surface area contributed by atoms with Gasteiger partial charge in [0.05, 0.1) is 20.3 Å². The highest BCUT2D eigenvalue weighted by molar-refractivity contribution is 5.86. The number of para-hydroxylation sites is 1. The number of β-amino-alcohol motifs (C(OH)–C–C–N with tert-alkyl or cyclic N) is 2. The number of nitrogens with zero attached hydrogens (tertiary/aromatic N) is 2. The quantitative estimate of drug-likeness (QED) is 0.765. The van der Waals surface area contributed by atoms with E-state index in [0.29, 0.717) is 44.1 Å². The van der Waals surface area contributed by atoms with Crippen molar-refractivity contribution in [3.8, 4) is 11.5 Å². The van der Waals surface area contributed by atoms with Gasteiger partial charge in [-0.25, -0.2) is 0 Å². The van der Waals surface area contributed by atoms with Crippen molar-refractivity contribution < 1.29 is 24.5 Å². The molecule has 0 aromatic heterocycles. The number of likely N-dealkylation sites (tertiary alicyclic amines) is 2. The molecule has 0 saturated carbocycles. The van der Waals surface area contributed by atoms with Gasteiger partial charge in [-0.3, -0.25) is 9.69 Å². The molecule has 3 rings (SSSR count). The molecular weight excluding hydrogens is 324 g/mol. The number of hydrogen-bond donors (Lipinski definition) is 2. The van der Waals surface area contributed by atoms with Crippen LogP contribution in [0.15, 0.2) is 18.2 Å². The van der Waals surface area contributed by atoms with Crippen LogP contribution in [0.4, 0.5) is 0 Å². The minimum absolute atomic E-state index is 0.259. The number of piperidine rings is 1. The van der Waals surface area contributed by atoms with Crippen molar-refractivity contribution in [3.05, 3.63) is 23.8 Å². The maximum Gasteiger partial charge on any atom is 0.256 e. The van der Waals surface area contributed by atoms with Crippen LogP contribution < -0.4 is 9.47 Å². The lowest BCUT2D eigenvalue weighted by molar-refractivity contribution is -0.163. The smallest absolute Gasteiger partial charge is 0.256 e. The molecule has 0 aliphatic carbocycles. The lowest BCUT2D eigenvalue weighted by Gasteiger charge is -2.44. The molecule has 1 atom stereocenters. The Hall–Kier alpha value is -1.83. The van der Waals surface area contributed by atoms with Crippen LogP contribution in [0, 0.1) is 0 Å². The molecule has 7 heteroatoms. The number of carbonyl (C=O) groups is 1. The predicted molar refractivity (Wildman–Crippen MR) is 91.6 cm³/mol. The Bertz CT molecular complexity index is 632. The van der Waals surface area contributed by atoms with Crippen molar-refractivity contribution in [1.29, 1.82) is 0 Å². The Morgan fingerprint density at radius 1 is 1.28 bits per heavy atom. The van der Waals surface area contributed by atoms with Crippen LogP contribution in [0.3, 0.4) is 0 Å². The highest BCUT2D eigenvalue weighted by Crippen LogP contribution is 2.33.